The van der Waals surface area contributed by atoms with Crippen molar-refractivity contribution in [3.63, 3.8) is 0 Å². The lowest BCUT2D eigenvalue weighted by molar-refractivity contribution is 0.0234. The Hall–Kier alpha value is -1.43. The van der Waals surface area contributed by atoms with Crippen LogP contribution in [0.15, 0.2) is 18.2 Å². The predicted molar refractivity (Wildman–Crippen MR) is 84.8 cm³/mol. The number of phenolic OH excluding ortho intramolecular Hbond substituents is 2. The molecular formula is C15H22BrNO4. The minimum atomic E-state index is -0.555. The van der Waals surface area contributed by atoms with Gasteiger partial charge in [-0.15, -0.1) is 0 Å². The monoisotopic (exact) mass is 359 g/mol. The van der Waals surface area contributed by atoms with Crippen molar-refractivity contribution < 1.29 is 19.7 Å². The van der Waals surface area contributed by atoms with Crippen molar-refractivity contribution in [2.24, 2.45) is 0 Å². The average molecular weight is 360 g/mol. The topological polar surface area (TPSA) is 70.0 Å². The fourth-order valence-corrected chi connectivity index (χ4v) is 1.95. The number of carbonyl (C=O) groups excluding carboxylic acids is 1. The van der Waals surface area contributed by atoms with Gasteiger partial charge in [0.15, 0.2) is 11.5 Å². The second-order valence-electron chi connectivity index (χ2n) is 5.77. The minimum absolute atomic E-state index is 0.178. The molecule has 2 N–H and O–H groups in total. The molecule has 0 bridgehead atoms. The number of hydrogen-bond donors (Lipinski definition) is 2. The van der Waals surface area contributed by atoms with Crippen LogP contribution in [0.1, 0.15) is 32.8 Å². The molecule has 0 atom stereocenters. The molecule has 1 rings (SSSR count). The van der Waals surface area contributed by atoms with Gasteiger partial charge in [0.1, 0.15) is 5.60 Å². The first-order valence-corrected chi connectivity index (χ1v) is 7.90. The number of phenols is 2. The van der Waals surface area contributed by atoms with E-state index in [1.807, 2.05) is 20.8 Å². The van der Waals surface area contributed by atoms with Crippen LogP contribution in [-0.4, -0.2) is 38.7 Å². The highest BCUT2D eigenvalue weighted by Crippen LogP contribution is 2.25. The summed E-state index contributed by atoms with van der Waals surface area (Å²) in [5.41, 5.74) is 0.173. The molecule has 21 heavy (non-hydrogen) atoms. The number of nitrogens with zero attached hydrogens (tertiary/aromatic N) is 1. The maximum absolute atomic E-state index is 12.2. The zero-order chi connectivity index (χ0) is 16.0. The Labute approximate surface area is 133 Å². The van der Waals surface area contributed by atoms with Crippen LogP contribution < -0.4 is 0 Å². The van der Waals surface area contributed by atoms with Crippen molar-refractivity contribution in [2.45, 2.75) is 39.3 Å². The third-order valence-electron chi connectivity index (χ3n) is 2.63. The Morgan fingerprint density at radius 3 is 2.48 bits per heavy atom. The first-order valence-electron chi connectivity index (χ1n) is 6.77. The molecule has 5 nitrogen and oxygen atoms in total. The maximum Gasteiger partial charge on any atom is 0.410 e. The van der Waals surface area contributed by atoms with E-state index >= 15 is 0 Å². The summed E-state index contributed by atoms with van der Waals surface area (Å²) in [6.45, 7) is 6.32. The van der Waals surface area contributed by atoms with E-state index < -0.39 is 11.7 Å². The van der Waals surface area contributed by atoms with Crippen LogP contribution in [0.25, 0.3) is 0 Å². The number of alkyl halides is 1. The van der Waals surface area contributed by atoms with E-state index in [2.05, 4.69) is 15.9 Å². The summed E-state index contributed by atoms with van der Waals surface area (Å²) in [7, 11) is 0. The zero-order valence-electron chi connectivity index (χ0n) is 12.6. The number of carbonyl (C=O) groups is 1. The summed E-state index contributed by atoms with van der Waals surface area (Å²) in [4.78, 5) is 13.8. The van der Waals surface area contributed by atoms with E-state index in [0.717, 1.165) is 17.3 Å². The van der Waals surface area contributed by atoms with Gasteiger partial charge < -0.3 is 19.8 Å². The lowest BCUT2D eigenvalue weighted by Crippen LogP contribution is -2.37. The second-order valence-corrected chi connectivity index (χ2v) is 6.56. The molecule has 0 aromatic heterocycles. The van der Waals surface area contributed by atoms with E-state index in [4.69, 9.17) is 4.74 Å². The molecule has 0 spiro atoms. The van der Waals surface area contributed by atoms with Gasteiger partial charge in [-0.3, -0.25) is 0 Å². The van der Waals surface area contributed by atoms with Crippen LogP contribution in [0.3, 0.4) is 0 Å². The van der Waals surface area contributed by atoms with Gasteiger partial charge in [-0.05, 0) is 44.9 Å². The van der Waals surface area contributed by atoms with Gasteiger partial charge in [-0.1, -0.05) is 22.0 Å². The molecule has 118 valence electrons. The number of aromatic hydroxyl groups is 2. The van der Waals surface area contributed by atoms with Gasteiger partial charge in [0.05, 0.1) is 0 Å². The summed E-state index contributed by atoms with van der Waals surface area (Å²) in [6, 6.07) is 4.52. The molecule has 0 radical (unpaired) electrons. The van der Waals surface area contributed by atoms with Gasteiger partial charge in [0, 0.05) is 18.4 Å². The van der Waals surface area contributed by atoms with Crippen LogP contribution in [0.2, 0.25) is 0 Å². The molecule has 0 saturated heterocycles. The summed E-state index contributed by atoms with van der Waals surface area (Å²) in [6.07, 6.45) is 0.402. The van der Waals surface area contributed by atoms with Crippen LogP contribution in [0, 0.1) is 0 Å². The SMILES string of the molecule is CC(C)(C)OC(=O)N(CCCBr)Cc1ccc(O)c(O)c1. The van der Waals surface area contributed by atoms with Crippen molar-refractivity contribution in [1.29, 1.82) is 0 Å². The maximum atomic E-state index is 12.2. The normalized spacial score (nSPS) is 11.2. The molecule has 0 unspecified atom stereocenters. The van der Waals surface area contributed by atoms with Crippen molar-refractivity contribution >= 4 is 22.0 Å². The number of ether oxygens (including phenoxy) is 1. The first-order chi connectivity index (χ1) is 9.73. The third kappa shape index (κ3) is 6.25. The van der Waals surface area contributed by atoms with E-state index in [1.54, 1.807) is 11.0 Å². The highest BCUT2D eigenvalue weighted by atomic mass is 79.9. The Morgan fingerprint density at radius 1 is 1.29 bits per heavy atom. The number of rotatable bonds is 5. The lowest BCUT2D eigenvalue weighted by Gasteiger charge is -2.27. The van der Waals surface area contributed by atoms with Crippen molar-refractivity contribution in [3.8, 4) is 11.5 Å². The Kier molecular flexibility index (Phi) is 6.33. The predicted octanol–water partition coefficient (Wildman–Crippen LogP) is 3.62. The van der Waals surface area contributed by atoms with Gasteiger partial charge >= 0.3 is 6.09 Å². The highest BCUT2D eigenvalue weighted by molar-refractivity contribution is 9.09. The standard InChI is InChI=1S/C15H22BrNO4/c1-15(2,3)21-14(20)17(8-4-7-16)10-11-5-6-12(18)13(19)9-11/h5-6,9,18-19H,4,7-8,10H2,1-3H3. The van der Waals surface area contributed by atoms with Gasteiger partial charge in [0.25, 0.3) is 0 Å². The van der Waals surface area contributed by atoms with Crippen molar-refractivity contribution in [2.75, 3.05) is 11.9 Å². The number of hydrogen-bond acceptors (Lipinski definition) is 4. The Balaban J connectivity index is 2.81. The molecule has 6 heteroatoms. The van der Waals surface area contributed by atoms with Crippen LogP contribution >= 0.6 is 15.9 Å². The summed E-state index contributed by atoms with van der Waals surface area (Å²) >= 11 is 3.34. The Morgan fingerprint density at radius 2 is 1.95 bits per heavy atom. The van der Waals surface area contributed by atoms with E-state index in [1.165, 1.54) is 12.1 Å². The number of benzene rings is 1. The van der Waals surface area contributed by atoms with Crippen LogP contribution in [0.4, 0.5) is 4.79 Å². The first kappa shape index (κ1) is 17.6. The molecule has 0 heterocycles. The summed E-state index contributed by atoms with van der Waals surface area (Å²) < 4.78 is 5.38. The molecule has 0 saturated carbocycles. The van der Waals surface area contributed by atoms with Gasteiger partial charge in [-0.25, -0.2) is 4.79 Å². The second kappa shape index (κ2) is 7.54. The number of halogens is 1. The van der Waals surface area contributed by atoms with Gasteiger partial charge in [0.2, 0.25) is 0 Å². The average Bonchev–Trinajstić information content (AvgIpc) is 2.36. The molecule has 1 amide bonds. The molecule has 1 aromatic carbocycles. The van der Waals surface area contributed by atoms with E-state index in [0.29, 0.717) is 13.1 Å². The number of amides is 1. The molecule has 0 aliphatic heterocycles. The molecule has 0 aliphatic rings. The fraction of sp³-hybridized carbons (Fsp3) is 0.533. The summed E-state index contributed by atoms with van der Waals surface area (Å²) in [5, 5.41) is 19.6. The van der Waals surface area contributed by atoms with Crippen LogP contribution in [0.5, 0.6) is 11.5 Å². The fourth-order valence-electron chi connectivity index (χ4n) is 1.70. The van der Waals surface area contributed by atoms with E-state index in [-0.39, 0.29) is 11.5 Å². The summed E-state index contributed by atoms with van der Waals surface area (Å²) in [5.74, 6) is -0.375. The molecule has 0 aliphatic carbocycles. The largest absolute Gasteiger partial charge is 0.504 e. The van der Waals surface area contributed by atoms with Gasteiger partial charge in [-0.2, -0.15) is 0 Å². The van der Waals surface area contributed by atoms with Crippen LogP contribution in [-0.2, 0) is 11.3 Å². The minimum Gasteiger partial charge on any atom is -0.504 e. The molecule has 1 aromatic rings. The molecular weight excluding hydrogens is 338 g/mol. The van der Waals surface area contributed by atoms with Crippen molar-refractivity contribution in [1.82, 2.24) is 4.90 Å². The van der Waals surface area contributed by atoms with E-state index in [9.17, 15) is 15.0 Å². The highest BCUT2D eigenvalue weighted by Gasteiger charge is 2.22. The third-order valence-corrected chi connectivity index (χ3v) is 3.19. The Bertz CT molecular complexity index is 485. The smallest absolute Gasteiger partial charge is 0.410 e. The zero-order valence-corrected chi connectivity index (χ0v) is 14.2. The lowest BCUT2D eigenvalue weighted by atomic mass is 10.2. The quantitative estimate of drug-likeness (QED) is 0.622. The molecule has 0 fully saturated rings. The van der Waals surface area contributed by atoms with Crippen molar-refractivity contribution in [3.05, 3.63) is 23.8 Å².